The Hall–Kier alpha value is -4.08. The second kappa shape index (κ2) is 15.2. The highest BCUT2D eigenvalue weighted by molar-refractivity contribution is 6.33. The van der Waals surface area contributed by atoms with Crippen LogP contribution in [0.25, 0.3) is 0 Å². The summed E-state index contributed by atoms with van der Waals surface area (Å²) in [5.74, 6) is 0.0936. The minimum atomic E-state index is -0.797. The molecule has 0 aromatic heterocycles. The van der Waals surface area contributed by atoms with Crippen LogP contribution in [0.3, 0.4) is 0 Å². The fourth-order valence-corrected chi connectivity index (χ4v) is 5.32. The van der Waals surface area contributed by atoms with Gasteiger partial charge in [-0.3, -0.25) is 14.5 Å². The second-order valence-electron chi connectivity index (χ2n) is 10.5. The number of para-hydroxylation sites is 1. The number of carboxylic acid groups (broad SMARTS) is 1. The predicted octanol–water partition coefficient (Wildman–Crippen LogP) is 5.75. The maximum absolute atomic E-state index is 13.6. The Kier molecular flexibility index (Phi) is 11.2. The Labute approximate surface area is 251 Å². The summed E-state index contributed by atoms with van der Waals surface area (Å²) in [6.07, 6.45) is 2.91. The number of amides is 3. The average molecular weight is 593 g/mol. The lowest BCUT2D eigenvalue weighted by Gasteiger charge is -2.32. The number of piperidine rings is 1. The molecule has 0 saturated carbocycles. The number of anilines is 2. The van der Waals surface area contributed by atoms with Gasteiger partial charge in [-0.05, 0) is 73.7 Å². The molecule has 10 heteroatoms. The van der Waals surface area contributed by atoms with E-state index >= 15 is 0 Å². The summed E-state index contributed by atoms with van der Waals surface area (Å²) in [7, 11) is 1.52. The van der Waals surface area contributed by atoms with Crippen molar-refractivity contribution < 1.29 is 24.2 Å². The molecule has 3 N–H and O–H groups in total. The van der Waals surface area contributed by atoms with E-state index in [0.29, 0.717) is 41.2 Å². The molecule has 42 heavy (non-hydrogen) atoms. The highest BCUT2D eigenvalue weighted by atomic mass is 35.5. The van der Waals surface area contributed by atoms with Crippen molar-refractivity contribution in [3.63, 3.8) is 0 Å². The van der Waals surface area contributed by atoms with Crippen LogP contribution in [0.5, 0.6) is 5.75 Å². The summed E-state index contributed by atoms with van der Waals surface area (Å²) in [4.78, 5) is 41.0. The van der Waals surface area contributed by atoms with Gasteiger partial charge in [-0.2, -0.15) is 0 Å². The minimum Gasteiger partial charge on any atom is -0.495 e. The van der Waals surface area contributed by atoms with Crippen molar-refractivity contribution in [3.05, 3.63) is 88.9 Å². The van der Waals surface area contributed by atoms with E-state index in [2.05, 4.69) is 10.6 Å². The summed E-state index contributed by atoms with van der Waals surface area (Å²) >= 11 is 6.14. The van der Waals surface area contributed by atoms with Gasteiger partial charge in [0.2, 0.25) is 5.91 Å². The highest BCUT2D eigenvalue weighted by Crippen LogP contribution is 2.28. The van der Waals surface area contributed by atoms with Crippen molar-refractivity contribution in [2.45, 2.75) is 32.2 Å². The molecule has 4 rings (SSSR count). The number of carbonyl (C=O) groups is 3. The van der Waals surface area contributed by atoms with Crippen LogP contribution in [-0.2, 0) is 22.6 Å². The maximum Gasteiger partial charge on any atom is 0.323 e. The number of methoxy groups -OCH3 is 1. The molecule has 1 aliphatic rings. The summed E-state index contributed by atoms with van der Waals surface area (Å²) in [6, 6.07) is 21.7. The highest BCUT2D eigenvalue weighted by Gasteiger charge is 2.23. The molecule has 3 amide bonds. The van der Waals surface area contributed by atoms with Crippen LogP contribution in [0.2, 0.25) is 5.02 Å². The number of aliphatic carboxylic acids is 1. The van der Waals surface area contributed by atoms with Crippen LogP contribution >= 0.6 is 11.6 Å². The molecule has 1 aliphatic heterocycles. The first-order chi connectivity index (χ1) is 20.3. The monoisotopic (exact) mass is 592 g/mol. The molecule has 9 nitrogen and oxygen atoms in total. The van der Waals surface area contributed by atoms with E-state index in [1.165, 1.54) is 7.11 Å². The average Bonchev–Trinajstić information content (AvgIpc) is 2.98. The van der Waals surface area contributed by atoms with E-state index in [1.54, 1.807) is 36.4 Å². The number of carboxylic acids is 1. The van der Waals surface area contributed by atoms with Crippen LogP contribution < -0.4 is 15.4 Å². The third kappa shape index (κ3) is 9.22. The lowest BCUT2D eigenvalue weighted by atomic mass is 9.93. The van der Waals surface area contributed by atoms with Crippen molar-refractivity contribution >= 4 is 40.9 Å². The number of likely N-dealkylation sites (tertiary alicyclic amines) is 1. The van der Waals surface area contributed by atoms with Gasteiger partial charge in [-0.15, -0.1) is 0 Å². The zero-order valence-corrected chi connectivity index (χ0v) is 24.5. The Morgan fingerprint density at radius 2 is 1.64 bits per heavy atom. The smallest absolute Gasteiger partial charge is 0.323 e. The second-order valence-corrected chi connectivity index (χ2v) is 10.9. The molecule has 1 saturated heterocycles. The zero-order valence-electron chi connectivity index (χ0n) is 23.7. The zero-order chi connectivity index (χ0) is 29.9. The van der Waals surface area contributed by atoms with Crippen LogP contribution in [0.4, 0.5) is 16.2 Å². The van der Waals surface area contributed by atoms with Gasteiger partial charge < -0.3 is 25.4 Å². The molecule has 0 bridgehead atoms. The van der Waals surface area contributed by atoms with Crippen molar-refractivity contribution in [1.82, 2.24) is 9.80 Å². The van der Waals surface area contributed by atoms with E-state index in [0.717, 1.165) is 43.5 Å². The third-order valence-corrected chi connectivity index (χ3v) is 7.76. The van der Waals surface area contributed by atoms with E-state index in [4.69, 9.17) is 21.4 Å². The number of urea groups is 1. The van der Waals surface area contributed by atoms with Crippen LogP contribution in [0, 0.1) is 5.92 Å². The fourth-order valence-electron chi connectivity index (χ4n) is 5.13. The van der Waals surface area contributed by atoms with Crippen molar-refractivity contribution in [2.75, 3.05) is 43.9 Å². The number of ether oxygens (including phenoxy) is 1. The number of carbonyl (C=O) groups excluding carboxylic acids is 2. The summed E-state index contributed by atoms with van der Waals surface area (Å²) in [5, 5.41) is 15.0. The van der Waals surface area contributed by atoms with Gasteiger partial charge in [-0.1, -0.05) is 60.1 Å². The van der Waals surface area contributed by atoms with Gasteiger partial charge in [0.25, 0.3) is 0 Å². The molecule has 0 atom stereocenters. The Morgan fingerprint density at radius 1 is 0.952 bits per heavy atom. The quantitative estimate of drug-likeness (QED) is 0.247. The van der Waals surface area contributed by atoms with Gasteiger partial charge >= 0.3 is 12.0 Å². The molecule has 0 unspecified atom stereocenters. The van der Waals surface area contributed by atoms with Crippen LogP contribution in [0.1, 0.15) is 30.4 Å². The first-order valence-electron chi connectivity index (χ1n) is 14.1. The summed E-state index contributed by atoms with van der Waals surface area (Å²) < 4.78 is 5.52. The SMILES string of the molecule is COc1cc(CC(=O)N(CCC2CCN(CC(=O)O)CC2)Cc2ccccc2)ccc1NC(=O)Nc1ccccc1Cl. The standard InChI is InChI=1S/C32H37ClN4O5/c1-42-29-19-25(11-12-28(29)35-32(41)34-27-10-6-5-9-26(27)33)20-30(38)37(21-24-7-3-2-4-8-24)18-15-23-13-16-36(17-14-23)22-31(39)40/h2-12,19,23H,13-18,20-22H2,1H3,(H,39,40)(H2,34,35,41). The minimum absolute atomic E-state index is 0.00129. The van der Waals surface area contributed by atoms with Gasteiger partial charge in [0.05, 0.1) is 36.5 Å². The lowest BCUT2D eigenvalue weighted by Crippen LogP contribution is -2.39. The van der Waals surface area contributed by atoms with Crippen molar-refractivity contribution in [2.24, 2.45) is 5.92 Å². The van der Waals surface area contributed by atoms with E-state index in [9.17, 15) is 14.4 Å². The number of nitrogens with one attached hydrogen (secondary N) is 2. The predicted molar refractivity (Wildman–Crippen MR) is 164 cm³/mol. The molecule has 3 aromatic rings. The largest absolute Gasteiger partial charge is 0.495 e. The number of hydrogen-bond acceptors (Lipinski definition) is 5. The van der Waals surface area contributed by atoms with E-state index < -0.39 is 12.0 Å². The topological polar surface area (TPSA) is 111 Å². The van der Waals surface area contributed by atoms with Crippen LogP contribution in [0.15, 0.2) is 72.8 Å². The normalized spacial score (nSPS) is 13.8. The maximum atomic E-state index is 13.6. The van der Waals surface area contributed by atoms with E-state index in [1.807, 2.05) is 46.2 Å². The number of halogens is 1. The molecule has 1 fully saturated rings. The first-order valence-corrected chi connectivity index (χ1v) is 14.4. The summed E-state index contributed by atoms with van der Waals surface area (Å²) in [5.41, 5.74) is 2.79. The molecule has 0 radical (unpaired) electrons. The molecule has 3 aromatic carbocycles. The van der Waals surface area contributed by atoms with E-state index in [-0.39, 0.29) is 18.9 Å². The number of hydrogen-bond donors (Lipinski definition) is 3. The van der Waals surface area contributed by atoms with Gasteiger partial charge in [0, 0.05) is 13.1 Å². The molecule has 0 aliphatic carbocycles. The van der Waals surface area contributed by atoms with Gasteiger partial charge in [0.15, 0.2) is 0 Å². The van der Waals surface area contributed by atoms with Gasteiger partial charge in [-0.25, -0.2) is 4.79 Å². The molecule has 1 heterocycles. The number of nitrogens with zero attached hydrogens (tertiary/aromatic N) is 2. The van der Waals surface area contributed by atoms with Crippen LogP contribution in [-0.4, -0.2) is 66.1 Å². The summed E-state index contributed by atoms with van der Waals surface area (Å²) in [6.45, 7) is 2.74. The molecular formula is C32H37ClN4O5. The Morgan fingerprint density at radius 3 is 2.33 bits per heavy atom. The molecular weight excluding hydrogens is 556 g/mol. The number of benzene rings is 3. The van der Waals surface area contributed by atoms with Gasteiger partial charge in [0.1, 0.15) is 5.75 Å². The first kappa shape index (κ1) is 30.9. The van der Waals surface area contributed by atoms with Crippen molar-refractivity contribution in [3.8, 4) is 5.75 Å². The van der Waals surface area contributed by atoms with Crippen molar-refractivity contribution in [1.29, 1.82) is 0 Å². The Balaban J connectivity index is 1.38. The third-order valence-electron chi connectivity index (χ3n) is 7.43. The molecule has 222 valence electrons. The number of rotatable bonds is 12. The Bertz CT molecular complexity index is 1360. The lowest BCUT2D eigenvalue weighted by molar-refractivity contribution is -0.138. The molecule has 0 spiro atoms. The fraction of sp³-hybridized carbons (Fsp3) is 0.344.